The standard InChI is InChI=1S/C14H13FN2O4/c1-8-4-10(21-13(8)14(19)17-16)7-20-12-3-2-9(6-18)5-11(12)15/h2-6H,7,16H2,1H3,(H,17,19). The van der Waals surface area contributed by atoms with Gasteiger partial charge in [-0.1, -0.05) is 0 Å². The fourth-order valence-electron chi connectivity index (χ4n) is 1.77. The van der Waals surface area contributed by atoms with Crippen molar-refractivity contribution in [3.63, 3.8) is 0 Å². The number of nitrogen functional groups attached to an aromatic ring is 1. The van der Waals surface area contributed by atoms with Crippen LogP contribution in [0.25, 0.3) is 0 Å². The van der Waals surface area contributed by atoms with Crippen molar-refractivity contribution in [3.8, 4) is 5.75 Å². The second-order valence-electron chi connectivity index (χ2n) is 4.29. The first-order valence-corrected chi connectivity index (χ1v) is 6.03. The number of ether oxygens (including phenoxy) is 1. The SMILES string of the molecule is Cc1cc(COc2ccc(C=O)cc2F)oc1C(=O)NN. The summed E-state index contributed by atoms with van der Waals surface area (Å²) < 4.78 is 24.1. The number of aldehydes is 1. The predicted molar refractivity (Wildman–Crippen MR) is 71.2 cm³/mol. The van der Waals surface area contributed by atoms with Gasteiger partial charge in [-0.25, -0.2) is 10.2 Å². The van der Waals surface area contributed by atoms with Crippen LogP contribution in [-0.2, 0) is 6.61 Å². The molecule has 1 aromatic heterocycles. The van der Waals surface area contributed by atoms with Crippen molar-refractivity contribution in [2.45, 2.75) is 13.5 Å². The zero-order valence-electron chi connectivity index (χ0n) is 11.2. The van der Waals surface area contributed by atoms with Crippen molar-refractivity contribution < 1.29 is 23.1 Å². The van der Waals surface area contributed by atoms with Gasteiger partial charge in [0.1, 0.15) is 18.7 Å². The Bertz CT molecular complexity index is 682. The maximum atomic E-state index is 13.6. The molecule has 21 heavy (non-hydrogen) atoms. The molecule has 6 nitrogen and oxygen atoms in total. The zero-order chi connectivity index (χ0) is 15.4. The zero-order valence-corrected chi connectivity index (χ0v) is 11.2. The van der Waals surface area contributed by atoms with Crippen molar-refractivity contribution in [1.29, 1.82) is 0 Å². The molecule has 110 valence electrons. The Kier molecular flexibility index (Phi) is 4.34. The highest BCUT2D eigenvalue weighted by Gasteiger charge is 2.15. The Morgan fingerprint density at radius 1 is 1.48 bits per heavy atom. The average Bonchev–Trinajstić information content (AvgIpc) is 2.86. The quantitative estimate of drug-likeness (QED) is 0.379. The van der Waals surface area contributed by atoms with Gasteiger partial charge in [0.2, 0.25) is 0 Å². The summed E-state index contributed by atoms with van der Waals surface area (Å²) in [5.41, 5.74) is 2.77. The second-order valence-corrected chi connectivity index (χ2v) is 4.29. The van der Waals surface area contributed by atoms with Gasteiger partial charge in [0.05, 0.1) is 0 Å². The molecule has 0 bridgehead atoms. The van der Waals surface area contributed by atoms with E-state index in [1.807, 2.05) is 5.43 Å². The summed E-state index contributed by atoms with van der Waals surface area (Å²) in [4.78, 5) is 21.9. The van der Waals surface area contributed by atoms with Crippen LogP contribution in [0.3, 0.4) is 0 Å². The van der Waals surface area contributed by atoms with Crippen LogP contribution in [0.4, 0.5) is 4.39 Å². The summed E-state index contributed by atoms with van der Waals surface area (Å²) in [6.45, 7) is 1.62. The van der Waals surface area contributed by atoms with Gasteiger partial charge in [-0.05, 0) is 31.2 Å². The number of carbonyl (C=O) groups excluding carboxylic acids is 2. The topological polar surface area (TPSA) is 94.6 Å². The summed E-state index contributed by atoms with van der Waals surface area (Å²) in [7, 11) is 0. The van der Waals surface area contributed by atoms with E-state index in [1.165, 1.54) is 12.1 Å². The number of nitrogens with one attached hydrogen (secondary N) is 1. The summed E-state index contributed by atoms with van der Waals surface area (Å²) in [6.07, 6.45) is 0.542. The Morgan fingerprint density at radius 3 is 2.86 bits per heavy atom. The average molecular weight is 292 g/mol. The van der Waals surface area contributed by atoms with Crippen LogP contribution in [0.1, 0.15) is 32.2 Å². The lowest BCUT2D eigenvalue weighted by molar-refractivity contribution is 0.0920. The molecule has 0 unspecified atom stereocenters. The van der Waals surface area contributed by atoms with Crippen molar-refractivity contribution in [2.75, 3.05) is 0 Å². The van der Waals surface area contributed by atoms with Crippen LogP contribution < -0.4 is 16.0 Å². The van der Waals surface area contributed by atoms with E-state index >= 15 is 0 Å². The van der Waals surface area contributed by atoms with Crippen LogP contribution >= 0.6 is 0 Å². The van der Waals surface area contributed by atoms with Gasteiger partial charge < -0.3 is 9.15 Å². The Morgan fingerprint density at radius 2 is 2.24 bits per heavy atom. The molecule has 7 heteroatoms. The van der Waals surface area contributed by atoms with E-state index in [1.54, 1.807) is 13.0 Å². The lowest BCUT2D eigenvalue weighted by Crippen LogP contribution is -2.30. The van der Waals surface area contributed by atoms with E-state index < -0.39 is 11.7 Å². The van der Waals surface area contributed by atoms with Crippen LogP contribution in [0.2, 0.25) is 0 Å². The maximum absolute atomic E-state index is 13.6. The normalized spacial score (nSPS) is 10.2. The lowest BCUT2D eigenvalue weighted by atomic mass is 10.2. The number of aryl methyl sites for hydroxylation is 1. The van der Waals surface area contributed by atoms with Gasteiger partial charge in [0.15, 0.2) is 17.3 Å². The van der Waals surface area contributed by atoms with Crippen LogP contribution in [0.5, 0.6) is 5.75 Å². The molecule has 1 aromatic carbocycles. The Labute approximate surface area is 119 Å². The van der Waals surface area contributed by atoms with E-state index in [2.05, 4.69) is 0 Å². The smallest absolute Gasteiger partial charge is 0.301 e. The summed E-state index contributed by atoms with van der Waals surface area (Å²) in [6, 6.07) is 5.46. The monoisotopic (exact) mass is 292 g/mol. The van der Waals surface area contributed by atoms with E-state index in [4.69, 9.17) is 15.0 Å². The first kappa shape index (κ1) is 14.7. The Hall–Kier alpha value is -2.67. The van der Waals surface area contributed by atoms with Crippen LogP contribution in [0, 0.1) is 12.7 Å². The molecule has 0 aliphatic rings. The fraction of sp³-hybridized carbons (Fsp3) is 0.143. The van der Waals surface area contributed by atoms with Gasteiger partial charge in [-0.2, -0.15) is 0 Å². The molecule has 0 saturated carbocycles. The lowest BCUT2D eigenvalue weighted by Gasteiger charge is -2.05. The molecular formula is C14H13FN2O4. The highest BCUT2D eigenvalue weighted by molar-refractivity contribution is 5.92. The molecule has 0 saturated heterocycles. The van der Waals surface area contributed by atoms with E-state index in [9.17, 15) is 14.0 Å². The third kappa shape index (κ3) is 3.26. The molecular weight excluding hydrogens is 279 g/mol. The van der Waals surface area contributed by atoms with E-state index in [-0.39, 0.29) is 23.7 Å². The Balaban J connectivity index is 2.10. The van der Waals surface area contributed by atoms with Gasteiger partial charge in [0.25, 0.3) is 0 Å². The molecule has 2 rings (SSSR count). The molecule has 3 N–H and O–H groups in total. The van der Waals surface area contributed by atoms with Crippen molar-refractivity contribution in [3.05, 3.63) is 52.7 Å². The third-order valence-corrected chi connectivity index (χ3v) is 2.77. The molecule has 0 atom stereocenters. The number of furan rings is 1. The van der Waals surface area contributed by atoms with Gasteiger partial charge >= 0.3 is 5.91 Å². The van der Waals surface area contributed by atoms with Crippen LogP contribution in [-0.4, -0.2) is 12.2 Å². The summed E-state index contributed by atoms with van der Waals surface area (Å²) in [5, 5.41) is 0. The largest absolute Gasteiger partial charge is 0.483 e. The molecule has 0 fully saturated rings. The van der Waals surface area contributed by atoms with Gasteiger partial charge in [-0.15, -0.1) is 0 Å². The van der Waals surface area contributed by atoms with E-state index in [0.717, 1.165) is 6.07 Å². The number of amides is 1. The molecule has 0 radical (unpaired) electrons. The highest BCUT2D eigenvalue weighted by Crippen LogP contribution is 2.21. The number of hydrogen-bond acceptors (Lipinski definition) is 5. The molecule has 1 heterocycles. The fourth-order valence-corrected chi connectivity index (χ4v) is 1.77. The molecule has 0 aliphatic heterocycles. The van der Waals surface area contributed by atoms with Crippen LogP contribution in [0.15, 0.2) is 28.7 Å². The summed E-state index contributed by atoms with van der Waals surface area (Å²) >= 11 is 0. The minimum Gasteiger partial charge on any atom is -0.483 e. The molecule has 0 aliphatic carbocycles. The summed E-state index contributed by atoms with van der Waals surface area (Å²) in [5.74, 6) is 4.23. The number of hydrazine groups is 1. The number of hydrogen-bond donors (Lipinski definition) is 2. The second kappa shape index (κ2) is 6.19. The first-order valence-electron chi connectivity index (χ1n) is 6.03. The minimum atomic E-state index is -0.650. The molecule has 2 aromatic rings. The van der Waals surface area contributed by atoms with Crippen molar-refractivity contribution in [2.24, 2.45) is 5.84 Å². The van der Waals surface area contributed by atoms with Crippen molar-refractivity contribution in [1.82, 2.24) is 5.43 Å². The minimum absolute atomic E-state index is 0.0144. The van der Waals surface area contributed by atoms with Gasteiger partial charge in [0, 0.05) is 11.1 Å². The van der Waals surface area contributed by atoms with Crippen molar-refractivity contribution >= 4 is 12.2 Å². The third-order valence-electron chi connectivity index (χ3n) is 2.77. The number of nitrogens with two attached hydrogens (primary N) is 1. The van der Waals surface area contributed by atoms with Gasteiger partial charge in [-0.3, -0.25) is 15.0 Å². The number of rotatable bonds is 5. The van der Waals surface area contributed by atoms with E-state index in [0.29, 0.717) is 17.6 Å². The highest BCUT2D eigenvalue weighted by atomic mass is 19.1. The number of carbonyl (C=O) groups is 2. The molecule has 1 amide bonds. The molecule has 0 spiro atoms. The first-order chi connectivity index (χ1) is 10.0. The maximum Gasteiger partial charge on any atom is 0.301 e. The number of benzene rings is 1. The predicted octanol–water partition coefficient (Wildman–Crippen LogP) is 1.72. The number of halogens is 1.